The third-order valence-electron chi connectivity index (χ3n) is 2.65. The van der Waals surface area contributed by atoms with Crippen molar-refractivity contribution in [2.75, 3.05) is 16.3 Å². The van der Waals surface area contributed by atoms with E-state index in [1.54, 1.807) is 30.7 Å². The largest absolute Gasteiger partial charge is 0.378 e. The van der Waals surface area contributed by atoms with Crippen LogP contribution in [0.3, 0.4) is 0 Å². The van der Waals surface area contributed by atoms with Gasteiger partial charge in [-0.2, -0.15) is 0 Å². The lowest BCUT2D eigenvalue weighted by Gasteiger charge is -2.11. The molecule has 0 atom stereocenters. The molecule has 0 amide bonds. The molecule has 8 heteroatoms. The number of halogens is 1. The summed E-state index contributed by atoms with van der Waals surface area (Å²) in [6.45, 7) is 0.540. The molecule has 1 aromatic heterocycles. The molecule has 6 nitrogen and oxygen atoms in total. The van der Waals surface area contributed by atoms with Crippen molar-refractivity contribution in [1.29, 1.82) is 0 Å². The Labute approximate surface area is 122 Å². The molecular weight excluding hydrogens is 300 g/mol. The Morgan fingerprint density at radius 2 is 2.15 bits per heavy atom. The summed E-state index contributed by atoms with van der Waals surface area (Å²) < 4.78 is 26.7. The minimum absolute atomic E-state index is 0.462. The minimum Gasteiger partial charge on any atom is -0.378 e. The van der Waals surface area contributed by atoms with E-state index in [0.717, 1.165) is 11.9 Å². The molecule has 0 aliphatic heterocycles. The van der Waals surface area contributed by atoms with E-state index in [-0.39, 0.29) is 0 Å². The van der Waals surface area contributed by atoms with Gasteiger partial charge in [0.15, 0.2) is 0 Å². The lowest BCUT2D eigenvalue weighted by Crippen LogP contribution is -2.10. The van der Waals surface area contributed by atoms with Crippen molar-refractivity contribution in [2.45, 2.75) is 6.54 Å². The monoisotopic (exact) mass is 314 g/mol. The van der Waals surface area contributed by atoms with E-state index in [1.807, 2.05) is 11.6 Å². The Balaban J connectivity index is 2.15. The van der Waals surface area contributed by atoms with Crippen LogP contribution in [0.4, 0.5) is 11.4 Å². The molecule has 0 radical (unpaired) electrons. The fourth-order valence-corrected chi connectivity index (χ4v) is 2.42. The third-order valence-corrected chi connectivity index (χ3v) is 3.58. The summed E-state index contributed by atoms with van der Waals surface area (Å²) in [6, 6.07) is 4.90. The highest BCUT2D eigenvalue weighted by molar-refractivity contribution is 7.92. The van der Waals surface area contributed by atoms with Crippen LogP contribution in [0.2, 0.25) is 5.02 Å². The van der Waals surface area contributed by atoms with E-state index in [2.05, 4.69) is 15.0 Å². The molecule has 0 spiro atoms. The molecule has 2 N–H and O–H groups in total. The highest BCUT2D eigenvalue weighted by Gasteiger charge is 2.06. The van der Waals surface area contributed by atoms with Crippen molar-refractivity contribution < 1.29 is 8.42 Å². The second-order valence-corrected chi connectivity index (χ2v) is 6.57. The Kier molecular flexibility index (Phi) is 4.20. The van der Waals surface area contributed by atoms with Gasteiger partial charge < -0.3 is 9.88 Å². The van der Waals surface area contributed by atoms with E-state index in [1.165, 1.54) is 0 Å². The molecule has 0 unspecified atom stereocenters. The number of benzene rings is 1. The summed E-state index contributed by atoms with van der Waals surface area (Å²) in [5, 5.41) is 3.67. The molecule has 1 aromatic carbocycles. The van der Waals surface area contributed by atoms with Crippen LogP contribution in [-0.4, -0.2) is 24.2 Å². The number of imidazole rings is 1. The van der Waals surface area contributed by atoms with Crippen molar-refractivity contribution in [3.8, 4) is 0 Å². The van der Waals surface area contributed by atoms with Gasteiger partial charge in [0.25, 0.3) is 0 Å². The Hall–Kier alpha value is -1.73. The average molecular weight is 315 g/mol. The number of hydrogen-bond donors (Lipinski definition) is 2. The van der Waals surface area contributed by atoms with E-state index in [9.17, 15) is 8.42 Å². The van der Waals surface area contributed by atoms with Crippen LogP contribution in [0.25, 0.3) is 0 Å². The van der Waals surface area contributed by atoms with Crippen LogP contribution in [0.5, 0.6) is 0 Å². The maximum absolute atomic E-state index is 11.2. The number of anilines is 2. The lowest BCUT2D eigenvalue weighted by molar-refractivity contribution is 0.607. The van der Waals surface area contributed by atoms with E-state index in [0.29, 0.717) is 22.9 Å². The molecule has 0 aliphatic rings. The molecule has 108 valence electrons. The Morgan fingerprint density at radius 1 is 1.40 bits per heavy atom. The van der Waals surface area contributed by atoms with Gasteiger partial charge in [-0.1, -0.05) is 11.6 Å². The molecule has 20 heavy (non-hydrogen) atoms. The van der Waals surface area contributed by atoms with Gasteiger partial charge in [-0.15, -0.1) is 0 Å². The number of nitrogens with zero attached hydrogens (tertiary/aromatic N) is 2. The predicted molar refractivity (Wildman–Crippen MR) is 80.5 cm³/mol. The van der Waals surface area contributed by atoms with E-state index >= 15 is 0 Å². The first-order valence-electron chi connectivity index (χ1n) is 5.81. The molecule has 2 rings (SSSR count). The molecule has 2 aromatic rings. The molecule has 0 bridgehead atoms. The van der Waals surface area contributed by atoms with Crippen LogP contribution >= 0.6 is 11.6 Å². The zero-order valence-electron chi connectivity index (χ0n) is 11.1. The van der Waals surface area contributed by atoms with Crippen LogP contribution in [-0.2, 0) is 23.6 Å². The quantitative estimate of drug-likeness (QED) is 0.885. The molecule has 0 saturated heterocycles. The first-order valence-corrected chi connectivity index (χ1v) is 8.08. The number of hydrogen-bond acceptors (Lipinski definition) is 4. The topological polar surface area (TPSA) is 76.0 Å². The predicted octanol–water partition coefficient (Wildman–Crippen LogP) is 2.06. The van der Waals surface area contributed by atoms with Crippen molar-refractivity contribution in [3.63, 3.8) is 0 Å². The zero-order chi connectivity index (χ0) is 14.8. The second-order valence-electron chi connectivity index (χ2n) is 4.42. The fourth-order valence-electron chi connectivity index (χ4n) is 1.68. The van der Waals surface area contributed by atoms with Crippen molar-refractivity contribution in [1.82, 2.24) is 9.55 Å². The van der Waals surface area contributed by atoms with Gasteiger partial charge in [0.2, 0.25) is 10.0 Å². The Morgan fingerprint density at radius 3 is 2.75 bits per heavy atom. The number of sulfonamides is 1. The maximum atomic E-state index is 11.2. The first-order chi connectivity index (χ1) is 9.35. The summed E-state index contributed by atoms with van der Waals surface area (Å²) in [5.74, 6) is 0. The summed E-state index contributed by atoms with van der Waals surface area (Å²) in [4.78, 5) is 4.02. The minimum atomic E-state index is -3.31. The van der Waals surface area contributed by atoms with Gasteiger partial charge in [-0.3, -0.25) is 4.72 Å². The van der Waals surface area contributed by atoms with Gasteiger partial charge in [-0.05, 0) is 18.2 Å². The molecule has 1 heterocycles. The van der Waals surface area contributed by atoms with E-state index < -0.39 is 10.0 Å². The molecule has 0 aliphatic carbocycles. The number of nitrogens with one attached hydrogen (secondary N) is 2. The third kappa shape index (κ3) is 3.88. The summed E-state index contributed by atoms with van der Waals surface area (Å²) in [7, 11) is -1.41. The SMILES string of the molecule is Cn1cncc1CNc1cc(NS(C)(=O)=O)ccc1Cl. The highest BCUT2D eigenvalue weighted by atomic mass is 35.5. The average Bonchev–Trinajstić information content (AvgIpc) is 2.74. The fraction of sp³-hybridized carbons (Fsp3) is 0.250. The lowest BCUT2D eigenvalue weighted by atomic mass is 10.2. The highest BCUT2D eigenvalue weighted by Crippen LogP contribution is 2.26. The molecule has 0 fully saturated rings. The number of aromatic nitrogens is 2. The second kappa shape index (κ2) is 5.72. The molecule has 0 saturated carbocycles. The Bertz CT molecular complexity index is 712. The standard InChI is InChI=1S/C12H15ClN4O2S/c1-17-8-14-6-10(17)7-15-12-5-9(3-4-11(12)13)16-20(2,18)19/h3-6,8,15-16H,7H2,1-2H3. The number of aryl methyl sites for hydroxylation is 1. The van der Waals surface area contributed by atoms with Crippen molar-refractivity contribution in [3.05, 3.63) is 41.4 Å². The van der Waals surface area contributed by atoms with Crippen LogP contribution < -0.4 is 10.0 Å². The summed E-state index contributed by atoms with van der Waals surface area (Å²) >= 11 is 6.09. The normalized spacial score (nSPS) is 11.3. The van der Waals surface area contributed by atoms with Crippen LogP contribution in [0, 0.1) is 0 Å². The van der Waals surface area contributed by atoms with Gasteiger partial charge in [0, 0.05) is 13.2 Å². The van der Waals surface area contributed by atoms with Gasteiger partial charge in [-0.25, -0.2) is 13.4 Å². The smallest absolute Gasteiger partial charge is 0.229 e. The van der Waals surface area contributed by atoms with Gasteiger partial charge >= 0.3 is 0 Å². The maximum Gasteiger partial charge on any atom is 0.229 e. The van der Waals surface area contributed by atoms with E-state index in [4.69, 9.17) is 11.6 Å². The molecular formula is C12H15ClN4O2S. The number of rotatable bonds is 5. The summed E-state index contributed by atoms with van der Waals surface area (Å²) in [5.41, 5.74) is 2.11. The van der Waals surface area contributed by atoms with Crippen molar-refractivity contribution >= 4 is 33.0 Å². The summed E-state index contributed by atoms with van der Waals surface area (Å²) in [6.07, 6.45) is 4.56. The first kappa shape index (κ1) is 14.7. The van der Waals surface area contributed by atoms with Crippen molar-refractivity contribution in [2.24, 2.45) is 7.05 Å². The van der Waals surface area contributed by atoms with Gasteiger partial charge in [0.05, 0.1) is 41.2 Å². The zero-order valence-corrected chi connectivity index (χ0v) is 12.7. The van der Waals surface area contributed by atoms with Gasteiger partial charge in [0.1, 0.15) is 0 Å². The van der Waals surface area contributed by atoms with Crippen LogP contribution in [0.1, 0.15) is 5.69 Å². The van der Waals surface area contributed by atoms with Crippen LogP contribution in [0.15, 0.2) is 30.7 Å².